The summed E-state index contributed by atoms with van der Waals surface area (Å²) in [4.78, 5) is 0. The van der Waals surface area contributed by atoms with Crippen LogP contribution in [0.2, 0.25) is 0 Å². The lowest BCUT2D eigenvalue weighted by Gasteiger charge is -2.14. The van der Waals surface area contributed by atoms with E-state index in [0.717, 1.165) is 12.3 Å². The van der Waals surface area contributed by atoms with Gasteiger partial charge in [-0.1, -0.05) is 252 Å². The van der Waals surface area contributed by atoms with Crippen LogP contribution < -0.4 is 0 Å². The fourth-order valence-electron chi connectivity index (χ4n) is 6.57. The van der Waals surface area contributed by atoms with E-state index >= 15 is 0 Å². The Kier molecular flexibility index (Phi) is 37.0. The van der Waals surface area contributed by atoms with Crippen molar-refractivity contribution < 1.29 is 0 Å². The summed E-state index contributed by atoms with van der Waals surface area (Å²) in [5.41, 5.74) is 0. The zero-order chi connectivity index (χ0) is 29.0. The van der Waals surface area contributed by atoms with Crippen LogP contribution in [0, 0.1) is 12.8 Å². The van der Waals surface area contributed by atoms with Crippen LogP contribution in [0.3, 0.4) is 0 Å². The highest BCUT2D eigenvalue weighted by molar-refractivity contribution is 4.62. The monoisotopic (exact) mass is 562 g/mol. The van der Waals surface area contributed by atoms with Gasteiger partial charge in [0.25, 0.3) is 0 Å². The standard InChI is InChI=1S/C40H81/c1-4-7-9-11-13-15-17-19-21-23-25-27-29-31-33-35-37-39-40(6-3)38-36-34-32-30-28-26-24-22-20-18-16-14-12-10-8-5-2/h40H,3-39H2,1-2H3. The van der Waals surface area contributed by atoms with Crippen molar-refractivity contribution in [2.45, 2.75) is 245 Å². The molecule has 0 fully saturated rings. The third kappa shape index (κ3) is 34.2. The normalized spacial score (nSPS) is 12.4. The zero-order valence-electron chi connectivity index (χ0n) is 28.7. The maximum absolute atomic E-state index is 4.27. The summed E-state index contributed by atoms with van der Waals surface area (Å²) in [6.07, 6.45) is 52.5. The molecule has 0 aromatic heterocycles. The summed E-state index contributed by atoms with van der Waals surface area (Å²) >= 11 is 0. The smallest absolute Gasteiger partial charge is 0.0414 e. The Morgan fingerprint density at radius 2 is 0.450 bits per heavy atom. The Hall–Kier alpha value is 0. The second-order valence-electron chi connectivity index (χ2n) is 13.7. The van der Waals surface area contributed by atoms with Gasteiger partial charge < -0.3 is 0 Å². The molecule has 0 amide bonds. The molecule has 40 heavy (non-hydrogen) atoms. The maximum atomic E-state index is 4.27. The molecule has 0 spiro atoms. The lowest BCUT2D eigenvalue weighted by Crippen LogP contribution is -1.99. The van der Waals surface area contributed by atoms with Crippen molar-refractivity contribution in [1.29, 1.82) is 0 Å². The first-order chi connectivity index (χ1) is 19.8. The molecule has 1 radical (unpaired) electrons. The van der Waals surface area contributed by atoms with E-state index in [4.69, 9.17) is 0 Å². The van der Waals surface area contributed by atoms with Crippen LogP contribution in [0.1, 0.15) is 245 Å². The van der Waals surface area contributed by atoms with Gasteiger partial charge in [-0.2, -0.15) is 0 Å². The quantitative estimate of drug-likeness (QED) is 0.0667. The van der Waals surface area contributed by atoms with Crippen LogP contribution in [-0.2, 0) is 0 Å². The fraction of sp³-hybridized carbons (Fsp3) is 0.975. The number of hydrogen-bond acceptors (Lipinski definition) is 0. The lowest BCUT2D eigenvalue weighted by atomic mass is 9.92. The molecular formula is C40H81. The average Bonchev–Trinajstić information content (AvgIpc) is 2.97. The lowest BCUT2D eigenvalue weighted by molar-refractivity contribution is 0.404. The van der Waals surface area contributed by atoms with Gasteiger partial charge in [-0.15, -0.1) is 0 Å². The van der Waals surface area contributed by atoms with Crippen molar-refractivity contribution in [3.05, 3.63) is 6.92 Å². The molecule has 0 aliphatic rings. The Labute approximate surface area is 257 Å². The minimum atomic E-state index is 0.906. The van der Waals surface area contributed by atoms with Crippen molar-refractivity contribution in [3.63, 3.8) is 0 Å². The third-order valence-corrected chi connectivity index (χ3v) is 9.59. The highest BCUT2D eigenvalue weighted by Crippen LogP contribution is 2.22. The molecule has 0 saturated carbocycles. The SMILES string of the molecule is [CH2]CC(CCCCCCCCCCCCCCCCCC)CCCCCCCCCCCCCCCCCCC. The minimum Gasteiger partial charge on any atom is -0.0654 e. The number of hydrogen-bond donors (Lipinski definition) is 0. The second kappa shape index (κ2) is 37.0. The molecule has 0 N–H and O–H groups in total. The Morgan fingerprint density at radius 3 is 0.625 bits per heavy atom. The van der Waals surface area contributed by atoms with Gasteiger partial charge in [-0.05, 0) is 5.92 Å². The molecule has 0 aromatic carbocycles. The summed E-state index contributed by atoms with van der Waals surface area (Å²) in [7, 11) is 0. The van der Waals surface area contributed by atoms with Crippen LogP contribution in [-0.4, -0.2) is 0 Å². The van der Waals surface area contributed by atoms with Crippen LogP contribution in [0.25, 0.3) is 0 Å². The molecule has 0 aromatic rings. The van der Waals surface area contributed by atoms with E-state index in [0.29, 0.717) is 0 Å². The summed E-state index contributed by atoms with van der Waals surface area (Å²) in [5, 5.41) is 0. The van der Waals surface area contributed by atoms with Gasteiger partial charge in [0.2, 0.25) is 0 Å². The molecule has 0 bridgehead atoms. The zero-order valence-corrected chi connectivity index (χ0v) is 28.7. The van der Waals surface area contributed by atoms with E-state index in [-0.39, 0.29) is 0 Å². The molecule has 1 unspecified atom stereocenters. The van der Waals surface area contributed by atoms with Gasteiger partial charge in [0.05, 0.1) is 0 Å². The highest BCUT2D eigenvalue weighted by Gasteiger charge is 2.06. The average molecular weight is 562 g/mol. The van der Waals surface area contributed by atoms with Crippen molar-refractivity contribution in [1.82, 2.24) is 0 Å². The Bertz CT molecular complexity index is 412. The molecule has 0 aliphatic carbocycles. The van der Waals surface area contributed by atoms with Gasteiger partial charge in [-0.3, -0.25) is 0 Å². The number of unbranched alkanes of at least 4 members (excludes halogenated alkanes) is 31. The minimum absolute atomic E-state index is 0.906. The van der Waals surface area contributed by atoms with E-state index in [2.05, 4.69) is 20.8 Å². The summed E-state index contributed by atoms with van der Waals surface area (Å²) in [6, 6.07) is 0. The number of rotatable bonds is 36. The van der Waals surface area contributed by atoms with Gasteiger partial charge >= 0.3 is 0 Å². The van der Waals surface area contributed by atoms with E-state index in [9.17, 15) is 0 Å². The molecule has 0 saturated heterocycles. The van der Waals surface area contributed by atoms with Crippen LogP contribution in [0.5, 0.6) is 0 Å². The van der Waals surface area contributed by atoms with Crippen molar-refractivity contribution in [3.8, 4) is 0 Å². The van der Waals surface area contributed by atoms with Gasteiger partial charge in [0, 0.05) is 0 Å². The van der Waals surface area contributed by atoms with E-state index in [1.807, 2.05) is 0 Å². The van der Waals surface area contributed by atoms with E-state index in [1.54, 1.807) is 0 Å². The molecule has 1 atom stereocenters. The Morgan fingerprint density at radius 1 is 0.275 bits per heavy atom. The van der Waals surface area contributed by atoms with Crippen LogP contribution in [0.4, 0.5) is 0 Å². The molecular weight excluding hydrogens is 480 g/mol. The first kappa shape index (κ1) is 40.0. The summed E-state index contributed by atoms with van der Waals surface area (Å²) < 4.78 is 0. The molecule has 0 aliphatic heterocycles. The van der Waals surface area contributed by atoms with Crippen molar-refractivity contribution in [2.24, 2.45) is 5.92 Å². The summed E-state index contributed by atoms with van der Waals surface area (Å²) in [6.45, 7) is 8.89. The molecule has 0 heterocycles. The first-order valence-corrected chi connectivity index (χ1v) is 19.6. The predicted octanol–water partition coefficient (Wildman–Crippen LogP) is 15.5. The van der Waals surface area contributed by atoms with Crippen LogP contribution >= 0.6 is 0 Å². The largest absolute Gasteiger partial charge is 0.0654 e. The van der Waals surface area contributed by atoms with Crippen molar-refractivity contribution in [2.75, 3.05) is 0 Å². The van der Waals surface area contributed by atoms with Gasteiger partial charge in [0.15, 0.2) is 0 Å². The molecule has 0 rings (SSSR count). The Balaban J connectivity index is 3.24. The van der Waals surface area contributed by atoms with Crippen molar-refractivity contribution >= 4 is 0 Å². The van der Waals surface area contributed by atoms with Crippen LogP contribution in [0.15, 0.2) is 0 Å². The van der Waals surface area contributed by atoms with E-state index < -0.39 is 0 Å². The fourth-order valence-corrected chi connectivity index (χ4v) is 6.57. The highest BCUT2D eigenvalue weighted by atomic mass is 14.1. The second-order valence-corrected chi connectivity index (χ2v) is 13.7. The molecule has 0 heteroatoms. The predicted molar refractivity (Wildman–Crippen MR) is 186 cm³/mol. The van der Waals surface area contributed by atoms with E-state index in [1.165, 1.54) is 225 Å². The third-order valence-electron chi connectivity index (χ3n) is 9.59. The molecule has 0 nitrogen and oxygen atoms in total. The van der Waals surface area contributed by atoms with Gasteiger partial charge in [-0.25, -0.2) is 0 Å². The van der Waals surface area contributed by atoms with Gasteiger partial charge in [0.1, 0.15) is 0 Å². The first-order valence-electron chi connectivity index (χ1n) is 19.6. The topological polar surface area (TPSA) is 0 Å². The molecule has 241 valence electrons. The maximum Gasteiger partial charge on any atom is -0.0414 e. The summed E-state index contributed by atoms with van der Waals surface area (Å²) in [5.74, 6) is 0.906.